The maximum atomic E-state index is 12.4. The number of amides is 1. The Hall–Kier alpha value is -0.650. The van der Waals surface area contributed by atoms with E-state index in [0.717, 1.165) is 39.1 Å². The molecule has 0 aromatic carbocycles. The van der Waals surface area contributed by atoms with Gasteiger partial charge in [-0.15, -0.1) is 0 Å². The normalized spacial score (nSPS) is 32.4. The third-order valence-corrected chi connectivity index (χ3v) is 5.14. The molecule has 0 radical (unpaired) electrons. The van der Waals surface area contributed by atoms with Gasteiger partial charge < -0.3 is 15.4 Å². The molecule has 2 aliphatic heterocycles. The van der Waals surface area contributed by atoms with Crippen LogP contribution in [0.5, 0.6) is 0 Å². The zero-order chi connectivity index (χ0) is 13.9. The van der Waals surface area contributed by atoms with Crippen LogP contribution in [-0.4, -0.2) is 66.7 Å². The van der Waals surface area contributed by atoms with Gasteiger partial charge in [0, 0.05) is 44.7 Å². The summed E-state index contributed by atoms with van der Waals surface area (Å²) in [6.07, 6.45) is 6.86. The molecule has 20 heavy (non-hydrogen) atoms. The Labute approximate surface area is 121 Å². The SMILES string of the molecule is NCC(CC(=O)N1CCCC1)N1CCOC2CCCC21. The van der Waals surface area contributed by atoms with E-state index in [1.54, 1.807) is 0 Å². The fraction of sp³-hybridized carbons (Fsp3) is 0.933. The first-order valence-electron chi connectivity index (χ1n) is 8.15. The summed E-state index contributed by atoms with van der Waals surface area (Å²) in [6, 6.07) is 0.682. The summed E-state index contributed by atoms with van der Waals surface area (Å²) in [4.78, 5) is 16.8. The van der Waals surface area contributed by atoms with Gasteiger partial charge in [0.25, 0.3) is 0 Å². The molecule has 2 N–H and O–H groups in total. The van der Waals surface area contributed by atoms with Crippen LogP contribution >= 0.6 is 0 Å². The van der Waals surface area contributed by atoms with Crippen LogP contribution in [0.2, 0.25) is 0 Å². The van der Waals surface area contributed by atoms with Gasteiger partial charge in [0.15, 0.2) is 0 Å². The molecule has 114 valence electrons. The minimum absolute atomic E-state index is 0.192. The highest BCUT2D eigenvalue weighted by Crippen LogP contribution is 2.31. The zero-order valence-electron chi connectivity index (χ0n) is 12.3. The number of ether oxygens (including phenoxy) is 1. The van der Waals surface area contributed by atoms with E-state index in [1.807, 2.05) is 4.90 Å². The molecule has 5 heteroatoms. The van der Waals surface area contributed by atoms with Crippen LogP contribution in [0.4, 0.5) is 0 Å². The number of likely N-dealkylation sites (tertiary alicyclic amines) is 1. The van der Waals surface area contributed by atoms with Crippen molar-refractivity contribution < 1.29 is 9.53 Å². The van der Waals surface area contributed by atoms with Gasteiger partial charge in [-0.3, -0.25) is 9.69 Å². The summed E-state index contributed by atoms with van der Waals surface area (Å²) in [5.41, 5.74) is 5.98. The lowest BCUT2D eigenvalue weighted by molar-refractivity contribution is -0.133. The third kappa shape index (κ3) is 2.85. The topological polar surface area (TPSA) is 58.8 Å². The predicted molar refractivity (Wildman–Crippen MR) is 77.4 cm³/mol. The summed E-state index contributed by atoms with van der Waals surface area (Å²) in [5.74, 6) is 0.291. The van der Waals surface area contributed by atoms with E-state index < -0.39 is 0 Å². The molecule has 5 nitrogen and oxygen atoms in total. The van der Waals surface area contributed by atoms with Crippen LogP contribution in [0.1, 0.15) is 38.5 Å². The second-order valence-electron chi connectivity index (χ2n) is 6.33. The molecule has 3 rings (SSSR count). The van der Waals surface area contributed by atoms with Crippen molar-refractivity contribution in [2.24, 2.45) is 5.73 Å². The minimum Gasteiger partial charge on any atom is -0.375 e. The monoisotopic (exact) mass is 281 g/mol. The highest BCUT2D eigenvalue weighted by atomic mass is 16.5. The van der Waals surface area contributed by atoms with Crippen molar-refractivity contribution in [2.45, 2.75) is 56.7 Å². The van der Waals surface area contributed by atoms with E-state index in [2.05, 4.69) is 4.90 Å². The van der Waals surface area contributed by atoms with Gasteiger partial charge in [-0.05, 0) is 32.1 Å². The fourth-order valence-corrected chi connectivity index (χ4v) is 4.04. The first-order chi connectivity index (χ1) is 9.79. The number of rotatable bonds is 4. The largest absolute Gasteiger partial charge is 0.375 e. The first kappa shape index (κ1) is 14.3. The number of nitrogens with two attached hydrogens (primary N) is 1. The smallest absolute Gasteiger partial charge is 0.224 e. The zero-order valence-corrected chi connectivity index (χ0v) is 12.3. The summed E-state index contributed by atoms with van der Waals surface area (Å²) >= 11 is 0. The molecule has 0 aromatic heterocycles. The van der Waals surface area contributed by atoms with Gasteiger partial charge in [0.05, 0.1) is 12.7 Å². The second kappa shape index (κ2) is 6.41. The van der Waals surface area contributed by atoms with Crippen molar-refractivity contribution in [3.63, 3.8) is 0 Å². The lowest BCUT2D eigenvalue weighted by Crippen LogP contribution is -2.56. The molecule has 0 spiro atoms. The second-order valence-corrected chi connectivity index (χ2v) is 6.33. The Kier molecular flexibility index (Phi) is 4.58. The first-order valence-corrected chi connectivity index (χ1v) is 8.15. The predicted octanol–water partition coefficient (Wildman–Crippen LogP) is 0.580. The van der Waals surface area contributed by atoms with Crippen molar-refractivity contribution in [1.29, 1.82) is 0 Å². The molecule has 2 heterocycles. The molecule has 1 amide bonds. The van der Waals surface area contributed by atoms with Crippen LogP contribution in [0.3, 0.4) is 0 Å². The van der Waals surface area contributed by atoms with Crippen molar-refractivity contribution in [3.05, 3.63) is 0 Å². The maximum Gasteiger partial charge on any atom is 0.224 e. The van der Waals surface area contributed by atoms with Gasteiger partial charge in [0.1, 0.15) is 0 Å². The summed E-state index contributed by atoms with van der Waals surface area (Å²) in [7, 11) is 0. The quantitative estimate of drug-likeness (QED) is 0.819. The van der Waals surface area contributed by atoms with Crippen molar-refractivity contribution in [2.75, 3.05) is 32.8 Å². The van der Waals surface area contributed by atoms with Gasteiger partial charge in [-0.25, -0.2) is 0 Å². The van der Waals surface area contributed by atoms with E-state index in [0.29, 0.717) is 31.0 Å². The molecule has 2 saturated heterocycles. The lowest BCUT2D eigenvalue weighted by atomic mass is 10.0. The van der Waals surface area contributed by atoms with Crippen molar-refractivity contribution in [1.82, 2.24) is 9.80 Å². The Morgan fingerprint density at radius 3 is 2.75 bits per heavy atom. The highest BCUT2D eigenvalue weighted by molar-refractivity contribution is 5.77. The van der Waals surface area contributed by atoms with E-state index in [-0.39, 0.29) is 6.04 Å². The van der Waals surface area contributed by atoms with E-state index in [1.165, 1.54) is 19.3 Å². The van der Waals surface area contributed by atoms with Crippen molar-refractivity contribution in [3.8, 4) is 0 Å². The van der Waals surface area contributed by atoms with Crippen molar-refractivity contribution >= 4 is 5.91 Å². The molecule has 3 unspecified atom stereocenters. The molecule has 1 aliphatic carbocycles. The molecule has 0 aromatic rings. The van der Waals surface area contributed by atoms with E-state index in [4.69, 9.17) is 10.5 Å². The molecule has 0 bridgehead atoms. The number of morpholine rings is 1. The number of hydrogen-bond donors (Lipinski definition) is 1. The van der Waals surface area contributed by atoms with E-state index >= 15 is 0 Å². The summed E-state index contributed by atoms with van der Waals surface area (Å²) in [5, 5.41) is 0. The molecule has 3 atom stereocenters. The minimum atomic E-state index is 0.192. The van der Waals surface area contributed by atoms with Crippen LogP contribution < -0.4 is 5.73 Å². The van der Waals surface area contributed by atoms with Gasteiger partial charge in [0.2, 0.25) is 5.91 Å². The van der Waals surface area contributed by atoms with Crippen LogP contribution in [0.15, 0.2) is 0 Å². The van der Waals surface area contributed by atoms with Crippen LogP contribution in [0.25, 0.3) is 0 Å². The highest BCUT2D eigenvalue weighted by Gasteiger charge is 2.39. The number of carbonyl (C=O) groups is 1. The average Bonchev–Trinajstić information content (AvgIpc) is 3.14. The summed E-state index contributed by atoms with van der Waals surface area (Å²) < 4.78 is 5.85. The number of carbonyl (C=O) groups excluding carboxylic acids is 1. The van der Waals surface area contributed by atoms with Gasteiger partial charge in [-0.1, -0.05) is 0 Å². The number of fused-ring (bicyclic) bond motifs is 1. The molecule has 3 aliphatic rings. The molecular formula is C15H27N3O2. The van der Waals surface area contributed by atoms with E-state index in [9.17, 15) is 4.79 Å². The van der Waals surface area contributed by atoms with Gasteiger partial charge >= 0.3 is 0 Å². The fourth-order valence-electron chi connectivity index (χ4n) is 4.04. The molecule has 3 fully saturated rings. The summed E-state index contributed by atoms with van der Waals surface area (Å²) in [6.45, 7) is 4.16. The Morgan fingerprint density at radius 2 is 2.00 bits per heavy atom. The average molecular weight is 281 g/mol. The number of hydrogen-bond acceptors (Lipinski definition) is 4. The third-order valence-electron chi connectivity index (χ3n) is 5.14. The number of nitrogens with zero attached hydrogens (tertiary/aromatic N) is 2. The maximum absolute atomic E-state index is 12.4. The molecular weight excluding hydrogens is 254 g/mol. The Bertz CT molecular complexity index is 344. The Balaban J connectivity index is 1.61. The Morgan fingerprint density at radius 1 is 1.20 bits per heavy atom. The van der Waals surface area contributed by atoms with Crippen LogP contribution in [-0.2, 0) is 9.53 Å². The lowest BCUT2D eigenvalue weighted by Gasteiger charge is -2.42. The van der Waals surface area contributed by atoms with Gasteiger partial charge in [-0.2, -0.15) is 0 Å². The molecule has 1 saturated carbocycles. The van der Waals surface area contributed by atoms with Crippen LogP contribution in [0, 0.1) is 0 Å². The standard InChI is InChI=1S/C15H27N3O2/c16-11-12(10-15(19)17-6-1-2-7-17)18-8-9-20-14-5-3-4-13(14)18/h12-14H,1-11,16H2.